The van der Waals surface area contributed by atoms with E-state index in [0.717, 1.165) is 52.8 Å². The molecule has 1 atom stereocenters. The van der Waals surface area contributed by atoms with Crippen molar-refractivity contribution in [1.82, 2.24) is 14.9 Å². The average Bonchev–Trinajstić information content (AvgIpc) is 3.27. The smallest absolute Gasteiger partial charge is 0.253 e. The summed E-state index contributed by atoms with van der Waals surface area (Å²) in [7, 11) is 0. The number of fused-ring (bicyclic) bond motifs is 1. The normalized spacial score (nSPS) is 16.7. The highest BCUT2D eigenvalue weighted by molar-refractivity contribution is 5.98. The molecule has 30 heavy (non-hydrogen) atoms. The van der Waals surface area contributed by atoms with Gasteiger partial charge in [-0.05, 0) is 73.5 Å². The van der Waals surface area contributed by atoms with Crippen LogP contribution in [0.25, 0.3) is 22.2 Å². The van der Waals surface area contributed by atoms with E-state index in [1.54, 1.807) is 12.1 Å². The van der Waals surface area contributed by atoms with Gasteiger partial charge >= 0.3 is 0 Å². The summed E-state index contributed by atoms with van der Waals surface area (Å²) in [6.45, 7) is 1.42. The zero-order valence-electron chi connectivity index (χ0n) is 16.5. The highest BCUT2D eigenvalue weighted by Gasteiger charge is 2.26. The summed E-state index contributed by atoms with van der Waals surface area (Å²) < 4.78 is 13.2. The van der Waals surface area contributed by atoms with Gasteiger partial charge in [0.05, 0.1) is 5.69 Å². The minimum Gasteiger partial charge on any atom is -0.361 e. The molecule has 2 aromatic heterocycles. The molecule has 1 saturated heterocycles. The maximum absolute atomic E-state index is 13.2. The minimum atomic E-state index is -0.255. The monoisotopic (exact) mass is 399 g/mol. The lowest BCUT2D eigenvalue weighted by atomic mass is 9.93. The quantitative estimate of drug-likeness (QED) is 0.502. The number of nitrogens with zero attached hydrogens (tertiary/aromatic N) is 2. The molecule has 0 aliphatic carbocycles. The van der Waals surface area contributed by atoms with Crippen LogP contribution in [0.15, 0.2) is 72.9 Å². The number of pyridine rings is 1. The van der Waals surface area contributed by atoms with Crippen molar-refractivity contribution >= 4 is 16.8 Å². The van der Waals surface area contributed by atoms with E-state index in [1.165, 1.54) is 12.1 Å². The number of aromatic nitrogens is 2. The number of piperidine rings is 1. The molecule has 1 amide bonds. The van der Waals surface area contributed by atoms with Crippen LogP contribution in [0, 0.1) is 5.82 Å². The molecule has 150 valence electrons. The number of hydrogen-bond donors (Lipinski definition) is 1. The van der Waals surface area contributed by atoms with Crippen LogP contribution in [0.3, 0.4) is 0 Å². The molecule has 4 aromatic rings. The van der Waals surface area contributed by atoms with E-state index >= 15 is 0 Å². The molecule has 3 heterocycles. The number of amides is 1. The van der Waals surface area contributed by atoms with Crippen LogP contribution in [-0.2, 0) is 0 Å². The van der Waals surface area contributed by atoms with E-state index in [2.05, 4.69) is 4.98 Å². The standard InChI is InChI=1S/C25H22FN3O/c26-21-9-6-17(7-10-21)23-4-1-5-24(28-23)20-3-2-14-29(16-20)25(30)19-8-11-22-18(15-19)12-13-27-22/h1,4-13,15,20,27H,2-3,14,16H2/t20-/m1/s1. The van der Waals surface area contributed by atoms with E-state index < -0.39 is 0 Å². The SMILES string of the molecule is O=C(c1ccc2[nH]ccc2c1)N1CCC[C@@H](c2cccc(-c3ccc(F)cc3)n2)C1. The fraction of sp³-hybridized carbons (Fsp3) is 0.200. The van der Waals surface area contributed by atoms with Gasteiger partial charge in [-0.3, -0.25) is 9.78 Å². The molecule has 1 aliphatic heterocycles. The number of hydrogen-bond acceptors (Lipinski definition) is 2. The van der Waals surface area contributed by atoms with Crippen molar-refractivity contribution < 1.29 is 9.18 Å². The first-order valence-corrected chi connectivity index (χ1v) is 10.3. The molecule has 2 aromatic carbocycles. The number of H-pyrrole nitrogens is 1. The third kappa shape index (κ3) is 3.59. The highest BCUT2D eigenvalue weighted by Crippen LogP contribution is 2.29. The van der Waals surface area contributed by atoms with Crippen LogP contribution in [0.5, 0.6) is 0 Å². The predicted molar refractivity (Wildman–Crippen MR) is 116 cm³/mol. The molecule has 1 N–H and O–H groups in total. The molecule has 0 spiro atoms. The van der Waals surface area contributed by atoms with Gasteiger partial charge in [0.15, 0.2) is 0 Å². The van der Waals surface area contributed by atoms with Gasteiger partial charge in [-0.25, -0.2) is 4.39 Å². The number of aromatic amines is 1. The van der Waals surface area contributed by atoms with Crippen molar-refractivity contribution in [1.29, 1.82) is 0 Å². The first-order chi connectivity index (χ1) is 14.7. The minimum absolute atomic E-state index is 0.0671. The summed E-state index contributed by atoms with van der Waals surface area (Å²) in [5, 5.41) is 1.04. The highest BCUT2D eigenvalue weighted by atomic mass is 19.1. The van der Waals surface area contributed by atoms with Crippen molar-refractivity contribution in [3.8, 4) is 11.3 Å². The fourth-order valence-corrected chi connectivity index (χ4v) is 4.23. The Balaban J connectivity index is 1.36. The summed E-state index contributed by atoms with van der Waals surface area (Å²) in [5.41, 5.74) is 4.45. The lowest BCUT2D eigenvalue weighted by Crippen LogP contribution is -2.39. The third-order valence-corrected chi connectivity index (χ3v) is 5.84. The van der Waals surface area contributed by atoms with E-state index in [4.69, 9.17) is 4.98 Å². The van der Waals surface area contributed by atoms with Gasteiger partial charge in [-0.1, -0.05) is 6.07 Å². The average molecular weight is 399 g/mol. The van der Waals surface area contributed by atoms with Crippen molar-refractivity contribution in [3.63, 3.8) is 0 Å². The molecule has 1 aliphatic rings. The Morgan fingerprint density at radius 1 is 1.07 bits per heavy atom. The summed E-state index contributed by atoms with van der Waals surface area (Å²) in [5.74, 6) is 0.00532. The van der Waals surface area contributed by atoms with Crippen LogP contribution >= 0.6 is 0 Å². The number of rotatable bonds is 3. The topological polar surface area (TPSA) is 49.0 Å². The Bertz CT molecular complexity index is 1200. The van der Waals surface area contributed by atoms with Crippen molar-refractivity contribution in [2.75, 3.05) is 13.1 Å². The van der Waals surface area contributed by atoms with Crippen LogP contribution < -0.4 is 0 Å². The van der Waals surface area contributed by atoms with E-state index in [-0.39, 0.29) is 17.6 Å². The molecule has 5 rings (SSSR count). The van der Waals surface area contributed by atoms with E-state index in [0.29, 0.717) is 6.54 Å². The lowest BCUT2D eigenvalue weighted by Gasteiger charge is -2.32. The Hall–Kier alpha value is -3.47. The van der Waals surface area contributed by atoms with Crippen molar-refractivity contribution in [2.45, 2.75) is 18.8 Å². The summed E-state index contributed by atoms with van der Waals surface area (Å²) in [6, 6.07) is 20.1. The molecular formula is C25H22FN3O. The molecule has 0 saturated carbocycles. The Labute approximate surface area is 174 Å². The molecule has 0 unspecified atom stereocenters. The first kappa shape index (κ1) is 18.6. The van der Waals surface area contributed by atoms with Gasteiger partial charge in [0.1, 0.15) is 5.82 Å². The van der Waals surface area contributed by atoms with Crippen molar-refractivity contribution in [3.05, 3.63) is 90.0 Å². The van der Waals surface area contributed by atoms with Crippen LogP contribution in [-0.4, -0.2) is 33.9 Å². The number of benzene rings is 2. The first-order valence-electron chi connectivity index (χ1n) is 10.3. The van der Waals surface area contributed by atoms with E-state index in [1.807, 2.05) is 53.6 Å². The molecule has 1 fully saturated rings. The fourth-order valence-electron chi connectivity index (χ4n) is 4.23. The van der Waals surface area contributed by atoms with E-state index in [9.17, 15) is 9.18 Å². The summed E-state index contributed by atoms with van der Waals surface area (Å²) in [6.07, 6.45) is 3.83. The second-order valence-corrected chi connectivity index (χ2v) is 7.82. The maximum Gasteiger partial charge on any atom is 0.253 e. The van der Waals surface area contributed by atoms with Crippen LogP contribution in [0.1, 0.15) is 34.8 Å². The number of carbonyl (C=O) groups excluding carboxylic acids is 1. The number of nitrogens with one attached hydrogen (secondary N) is 1. The molecule has 0 radical (unpaired) electrons. The molecule has 5 heteroatoms. The predicted octanol–water partition coefficient (Wildman–Crippen LogP) is 5.39. The summed E-state index contributed by atoms with van der Waals surface area (Å²) in [4.78, 5) is 23.1. The second kappa shape index (κ2) is 7.75. The second-order valence-electron chi connectivity index (χ2n) is 7.82. The van der Waals surface area contributed by atoms with Gasteiger partial charge < -0.3 is 9.88 Å². The van der Waals surface area contributed by atoms with Gasteiger partial charge in [0.25, 0.3) is 5.91 Å². The zero-order chi connectivity index (χ0) is 20.5. The van der Waals surface area contributed by atoms with Crippen LogP contribution in [0.2, 0.25) is 0 Å². The third-order valence-electron chi connectivity index (χ3n) is 5.84. The molecule has 0 bridgehead atoms. The molecular weight excluding hydrogens is 377 g/mol. The lowest BCUT2D eigenvalue weighted by molar-refractivity contribution is 0.0706. The number of carbonyl (C=O) groups is 1. The Kier molecular flexibility index (Phi) is 4.79. The summed E-state index contributed by atoms with van der Waals surface area (Å²) >= 11 is 0. The zero-order valence-corrected chi connectivity index (χ0v) is 16.5. The number of likely N-dealkylation sites (tertiary alicyclic amines) is 1. The molecule has 4 nitrogen and oxygen atoms in total. The number of halogens is 1. The Morgan fingerprint density at radius 3 is 2.80 bits per heavy atom. The van der Waals surface area contributed by atoms with Crippen LogP contribution in [0.4, 0.5) is 4.39 Å². The Morgan fingerprint density at radius 2 is 1.93 bits per heavy atom. The van der Waals surface area contributed by atoms with Gasteiger partial charge in [-0.2, -0.15) is 0 Å². The largest absolute Gasteiger partial charge is 0.361 e. The van der Waals surface area contributed by atoms with Crippen molar-refractivity contribution in [2.24, 2.45) is 0 Å². The maximum atomic E-state index is 13.2. The van der Waals surface area contributed by atoms with Gasteiger partial charge in [0.2, 0.25) is 0 Å². The van der Waals surface area contributed by atoms with Gasteiger partial charge in [-0.15, -0.1) is 0 Å². The van der Waals surface area contributed by atoms with Gasteiger partial charge in [0, 0.05) is 52.9 Å².